The number of nitrogens with zero attached hydrogens (tertiary/aromatic N) is 1. The van der Waals surface area contributed by atoms with Gasteiger partial charge in [0.15, 0.2) is 0 Å². The Morgan fingerprint density at radius 2 is 2.46 bits per heavy atom. The second kappa shape index (κ2) is 4.20. The molecule has 3 nitrogen and oxygen atoms in total. The van der Waals surface area contributed by atoms with Crippen molar-refractivity contribution in [3.8, 4) is 0 Å². The van der Waals surface area contributed by atoms with Crippen LogP contribution in [-0.2, 0) is 13.1 Å². The second-order valence-electron chi connectivity index (χ2n) is 2.71. The molecular formula is C9H10N2OS. The fraction of sp³-hybridized carbons (Fsp3) is 0.222. The molecule has 0 aromatic carbocycles. The smallest absolute Gasteiger partial charge is 0.0947 e. The average Bonchev–Trinajstić information content (AvgIpc) is 2.75. The number of hydrogen-bond acceptors (Lipinski definition) is 4. The monoisotopic (exact) mass is 194 g/mol. The van der Waals surface area contributed by atoms with Crippen LogP contribution < -0.4 is 5.32 Å². The van der Waals surface area contributed by atoms with Gasteiger partial charge in [0.2, 0.25) is 0 Å². The highest BCUT2D eigenvalue weighted by molar-refractivity contribution is 7.07. The number of thiazole rings is 1. The van der Waals surface area contributed by atoms with E-state index in [4.69, 9.17) is 4.42 Å². The Bertz CT molecular complexity index is 294. The van der Waals surface area contributed by atoms with Gasteiger partial charge in [-0.05, 0) is 6.07 Å². The van der Waals surface area contributed by atoms with Gasteiger partial charge in [0.1, 0.15) is 0 Å². The molecule has 0 saturated heterocycles. The highest BCUT2D eigenvalue weighted by Gasteiger charge is 1.95. The van der Waals surface area contributed by atoms with Crippen molar-refractivity contribution >= 4 is 11.3 Å². The van der Waals surface area contributed by atoms with Crippen LogP contribution in [0.15, 0.2) is 33.9 Å². The van der Waals surface area contributed by atoms with E-state index in [0.29, 0.717) is 0 Å². The average molecular weight is 194 g/mol. The summed E-state index contributed by atoms with van der Waals surface area (Å²) >= 11 is 1.62. The van der Waals surface area contributed by atoms with Crippen LogP contribution in [0, 0.1) is 0 Å². The van der Waals surface area contributed by atoms with E-state index in [9.17, 15) is 0 Å². The number of rotatable bonds is 4. The molecule has 68 valence electrons. The fourth-order valence-corrected chi connectivity index (χ4v) is 1.61. The van der Waals surface area contributed by atoms with Gasteiger partial charge in [0.05, 0.1) is 23.7 Å². The minimum Gasteiger partial charge on any atom is -0.472 e. The van der Waals surface area contributed by atoms with Crippen LogP contribution in [0.1, 0.15) is 11.3 Å². The summed E-state index contributed by atoms with van der Waals surface area (Å²) in [6.45, 7) is 1.64. The van der Waals surface area contributed by atoms with Crippen molar-refractivity contribution in [2.24, 2.45) is 0 Å². The third kappa shape index (κ3) is 2.40. The lowest BCUT2D eigenvalue weighted by molar-refractivity contribution is 0.560. The molecule has 0 aliphatic carbocycles. The first-order valence-corrected chi connectivity index (χ1v) is 4.98. The molecule has 0 atom stereocenters. The summed E-state index contributed by atoms with van der Waals surface area (Å²) in [6, 6.07) is 1.95. The molecule has 0 saturated carbocycles. The Labute approximate surface area is 80.4 Å². The lowest BCUT2D eigenvalue weighted by Crippen LogP contribution is -2.12. The second-order valence-corrected chi connectivity index (χ2v) is 3.43. The van der Waals surface area contributed by atoms with Crippen molar-refractivity contribution in [1.29, 1.82) is 0 Å². The molecule has 0 radical (unpaired) electrons. The molecule has 2 rings (SSSR count). The lowest BCUT2D eigenvalue weighted by atomic mass is 10.3. The van der Waals surface area contributed by atoms with Crippen LogP contribution in [0.4, 0.5) is 0 Å². The zero-order chi connectivity index (χ0) is 8.93. The molecule has 1 N–H and O–H groups in total. The Balaban J connectivity index is 1.76. The summed E-state index contributed by atoms with van der Waals surface area (Å²) in [4.78, 5) is 4.17. The first-order chi connectivity index (χ1) is 6.45. The minimum atomic E-state index is 0.814. The van der Waals surface area contributed by atoms with Gasteiger partial charge in [-0.1, -0.05) is 0 Å². The zero-order valence-electron chi connectivity index (χ0n) is 7.06. The predicted octanol–water partition coefficient (Wildman–Crippen LogP) is 2.03. The molecule has 0 fully saturated rings. The summed E-state index contributed by atoms with van der Waals surface area (Å²) in [7, 11) is 0. The van der Waals surface area contributed by atoms with Crippen molar-refractivity contribution in [3.63, 3.8) is 0 Å². The normalized spacial score (nSPS) is 10.5. The molecule has 0 aliphatic heterocycles. The SMILES string of the molecule is c1cc(CNCc2cscn2)co1. The summed E-state index contributed by atoms with van der Waals surface area (Å²) in [5, 5.41) is 5.32. The van der Waals surface area contributed by atoms with Crippen LogP contribution in [0.5, 0.6) is 0 Å². The maximum absolute atomic E-state index is 4.95. The van der Waals surface area contributed by atoms with E-state index in [2.05, 4.69) is 10.3 Å². The van der Waals surface area contributed by atoms with E-state index < -0.39 is 0 Å². The maximum Gasteiger partial charge on any atom is 0.0947 e. The van der Waals surface area contributed by atoms with E-state index in [0.717, 1.165) is 24.3 Å². The highest BCUT2D eigenvalue weighted by atomic mass is 32.1. The van der Waals surface area contributed by atoms with E-state index in [1.165, 1.54) is 0 Å². The van der Waals surface area contributed by atoms with Crippen molar-refractivity contribution in [2.45, 2.75) is 13.1 Å². The van der Waals surface area contributed by atoms with Gasteiger partial charge >= 0.3 is 0 Å². The summed E-state index contributed by atoms with van der Waals surface area (Å²) in [5.74, 6) is 0. The van der Waals surface area contributed by atoms with Crippen molar-refractivity contribution in [3.05, 3.63) is 40.7 Å². The maximum atomic E-state index is 4.95. The van der Waals surface area contributed by atoms with Gasteiger partial charge in [-0.15, -0.1) is 11.3 Å². The van der Waals surface area contributed by atoms with Gasteiger partial charge in [-0.3, -0.25) is 0 Å². The highest BCUT2D eigenvalue weighted by Crippen LogP contribution is 2.02. The first kappa shape index (κ1) is 8.47. The third-order valence-corrected chi connectivity index (χ3v) is 2.33. The Hall–Kier alpha value is -1.13. The van der Waals surface area contributed by atoms with E-state index in [1.54, 1.807) is 23.9 Å². The Morgan fingerprint density at radius 3 is 3.15 bits per heavy atom. The summed E-state index contributed by atoms with van der Waals surface area (Å²) in [6.07, 6.45) is 3.42. The molecule has 0 bridgehead atoms. The van der Waals surface area contributed by atoms with Gasteiger partial charge < -0.3 is 9.73 Å². The van der Waals surface area contributed by atoms with Gasteiger partial charge in [-0.25, -0.2) is 4.98 Å². The molecule has 0 spiro atoms. The van der Waals surface area contributed by atoms with Crippen LogP contribution >= 0.6 is 11.3 Å². The summed E-state index contributed by atoms with van der Waals surface area (Å²) in [5.41, 5.74) is 4.10. The zero-order valence-corrected chi connectivity index (χ0v) is 7.88. The molecule has 0 unspecified atom stereocenters. The number of hydrogen-bond donors (Lipinski definition) is 1. The molecule has 0 aliphatic rings. The Morgan fingerprint density at radius 1 is 1.46 bits per heavy atom. The van der Waals surface area contributed by atoms with Crippen molar-refractivity contribution in [2.75, 3.05) is 0 Å². The number of aromatic nitrogens is 1. The third-order valence-electron chi connectivity index (χ3n) is 1.70. The number of nitrogens with one attached hydrogen (secondary N) is 1. The van der Waals surface area contributed by atoms with Crippen molar-refractivity contribution < 1.29 is 4.42 Å². The van der Waals surface area contributed by atoms with Crippen LogP contribution in [0.2, 0.25) is 0 Å². The van der Waals surface area contributed by atoms with Gasteiger partial charge in [0, 0.05) is 24.0 Å². The molecular weight excluding hydrogens is 184 g/mol. The minimum absolute atomic E-state index is 0.814. The van der Waals surface area contributed by atoms with Crippen molar-refractivity contribution in [1.82, 2.24) is 10.3 Å². The topological polar surface area (TPSA) is 38.1 Å². The summed E-state index contributed by atoms with van der Waals surface area (Å²) < 4.78 is 4.95. The van der Waals surface area contributed by atoms with E-state index in [1.807, 2.05) is 17.0 Å². The lowest BCUT2D eigenvalue weighted by Gasteiger charge is -1.98. The standard InChI is InChI=1S/C9H10N2OS/c1-2-12-5-8(1)3-10-4-9-6-13-7-11-9/h1-2,5-7,10H,3-4H2. The fourth-order valence-electron chi connectivity index (χ4n) is 1.05. The molecule has 2 aromatic heterocycles. The molecule has 2 aromatic rings. The van der Waals surface area contributed by atoms with Gasteiger partial charge in [-0.2, -0.15) is 0 Å². The molecule has 2 heterocycles. The molecule has 0 amide bonds. The number of furan rings is 1. The largest absolute Gasteiger partial charge is 0.472 e. The quantitative estimate of drug-likeness (QED) is 0.809. The van der Waals surface area contributed by atoms with Crippen LogP contribution in [-0.4, -0.2) is 4.98 Å². The van der Waals surface area contributed by atoms with Crippen LogP contribution in [0.25, 0.3) is 0 Å². The van der Waals surface area contributed by atoms with Crippen LogP contribution in [0.3, 0.4) is 0 Å². The van der Waals surface area contributed by atoms with Gasteiger partial charge in [0.25, 0.3) is 0 Å². The molecule has 13 heavy (non-hydrogen) atoms. The molecule has 4 heteroatoms. The first-order valence-electron chi connectivity index (χ1n) is 4.04. The van der Waals surface area contributed by atoms with E-state index in [-0.39, 0.29) is 0 Å². The Kier molecular flexibility index (Phi) is 2.74. The predicted molar refractivity (Wildman–Crippen MR) is 51.4 cm³/mol. The van der Waals surface area contributed by atoms with E-state index >= 15 is 0 Å².